The molecule has 0 heterocycles. The van der Waals surface area contributed by atoms with Crippen LogP contribution in [0.4, 0.5) is 0 Å². The minimum absolute atomic E-state index is 0.175. The molecule has 0 spiro atoms. The molecule has 4 nitrogen and oxygen atoms in total. The summed E-state index contributed by atoms with van der Waals surface area (Å²) in [6, 6.07) is 0. The van der Waals surface area contributed by atoms with E-state index >= 15 is 0 Å². The van der Waals surface area contributed by atoms with Crippen LogP contribution in [0.2, 0.25) is 0 Å². The molecule has 2 atom stereocenters. The highest BCUT2D eigenvalue weighted by Crippen LogP contribution is 2.40. The van der Waals surface area contributed by atoms with Gasteiger partial charge in [0.05, 0.1) is 0 Å². The maximum Gasteiger partial charge on any atom is 0.187 e. The molecule has 0 aromatic carbocycles. The molecule has 0 saturated heterocycles. The Morgan fingerprint density at radius 1 is 0.568 bits per heavy atom. The molecule has 2 rings (SSSR count). The zero-order valence-electron chi connectivity index (χ0n) is 28.4. The standard InChI is InChI=1S/C40H52O4/c1-27(17-13-19-29(3)21-23-33-31(5)37(43)35(41)25-39(33,7)8)15-11-12-16-28(2)18-14-20-30(4)22-24-34-32(6)38(44)36(42)26-40(34,9)10/h11-24,35-36,41-42H,25-26H2,1-10H3/b12-11+,17-13+,18-14+,23-21+,24-22+,27-15+,28-16+,29-19-,30-20+/t35-,36-/m1/s1. The third-order valence-corrected chi connectivity index (χ3v) is 8.31. The molecular formula is C40H52O4. The van der Waals surface area contributed by atoms with Gasteiger partial charge in [0, 0.05) is 0 Å². The molecule has 44 heavy (non-hydrogen) atoms. The molecule has 0 fully saturated rings. The van der Waals surface area contributed by atoms with Gasteiger partial charge in [-0.3, -0.25) is 9.59 Å². The molecule has 4 heteroatoms. The molecule has 2 aliphatic rings. The Hall–Kier alpha value is -3.60. The van der Waals surface area contributed by atoms with Gasteiger partial charge in [-0.2, -0.15) is 0 Å². The second-order valence-corrected chi connectivity index (χ2v) is 13.4. The van der Waals surface area contributed by atoms with Crippen LogP contribution in [0.15, 0.2) is 130 Å². The monoisotopic (exact) mass is 596 g/mol. The van der Waals surface area contributed by atoms with Gasteiger partial charge in [0.1, 0.15) is 12.2 Å². The van der Waals surface area contributed by atoms with Crippen LogP contribution in [0.25, 0.3) is 0 Å². The minimum Gasteiger partial charge on any atom is -0.385 e. The first-order valence-corrected chi connectivity index (χ1v) is 15.4. The number of carbonyl (C=O) groups excluding carboxylic acids is 2. The van der Waals surface area contributed by atoms with Crippen molar-refractivity contribution in [2.45, 2.75) is 94.3 Å². The van der Waals surface area contributed by atoms with Crippen molar-refractivity contribution in [2.75, 3.05) is 0 Å². The van der Waals surface area contributed by atoms with Gasteiger partial charge in [0.15, 0.2) is 11.6 Å². The molecule has 2 aliphatic carbocycles. The SMILES string of the molecule is CC1=C(/C=C/C(C)=C\C=C\C(C)=C\C=C\C=C(C)\C=C\C=C(C)\C=C\C2=C(C)C(=O)[C@H](O)CC2(C)C)C(C)(C)C[C@@H](O)C1=O. The molecule has 2 N–H and O–H groups in total. The largest absolute Gasteiger partial charge is 0.385 e. The van der Waals surface area contributed by atoms with E-state index in [1.165, 1.54) is 0 Å². The maximum absolute atomic E-state index is 12.2. The van der Waals surface area contributed by atoms with Crippen molar-refractivity contribution in [3.63, 3.8) is 0 Å². The average Bonchev–Trinajstić information content (AvgIpc) is 2.92. The van der Waals surface area contributed by atoms with Crippen LogP contribution in [-0.2, 0) is 9.59 Å². The Morgan fingerprint density at radius 2 is 0.864 bits per heavy atom. The van der Waals surface area contributed by atoms with E-state index in [2.05, 4.69) is 65.8 Å². The van der Waals surface area contributed by atoms with E-state index in [0.29, 0.717) is 24.0 Å². The summed E-state index contributed by atoms with van der Waals surface area (Å²) in [5.41, 5.74) is 7.16. The minimum atomic E-state index is -0.907. The number of ketones is 2. The molecule has 0 aliphatic heterocycles. The smallest absolute Gasteiger partial charge is 0.187 e. The second kappa shape index (κ2) is 15.9. The summed E-state index contributed by atoms with van der Waals surface area (Å²) < 4.78 is 0. The van der Waals surface area contributed by atoms with Crippen molar-refractivity contribution >= 4 is 11.6 Å². The number of carbonyl (C=O) groups is 2. The van der Waals surface area contributed by atoms with Crippen LogP contribution in [0, 0.1) is 10.8 Å². The van der Waals surface area contributed by atoms with E-state index in [9.17, 15) is 19.8 Å². The molecule has 236 valence electrons. The third-order valence-electron chi connectivity index (χ3n) is 8.31. The van der Waals surface area contributed by atoms with Gasteiger partial charge in [0.25, 0.3) is 0 Å². The van der Waals surface area contributed by atoms with Crippen LogP contribution in [0.5, 0.6) is 0 Å². The lowest BCUT2D eigenvalue weighted by atomic mass is 9.71. The zero-order chi connectivity index (χ0) is 33.2. The molecule has 0 radical (unpaired) electrons. The van der Waals surface area contributed by atoms with E-state index in [1.807, 2.05) is 74.6 Å². The highest BCUT2D eigenvalue weighted by atomic mass is 16.3. The van der Waals surface area contributed by atoms with Crippen LogP contribution < -0.4 is 0 Å². The maximum atomic E-state index is 12.2. The summed E-state index contributed by atoms with van der Waals surface area (Å²) in [6.45, 7) is 20.0. The van der Waals surface area contributed by atoms with Crippen LogP contribution in [0.3, 0.4) is 0 Å². The van der Waals surface area contributed by atoms with E-state index in [-0.39, 0.29) is 22.4 Å². The predicted octanol–water partition coefficient (Wildman–Crippen LogP) is 8.91. The Bertz CT molecular complexity index is 1340. The van der Waals surface area contributed by atoms with Crippen molar-refractivity contribution in [1.82, 2.24) is 0 Å². The second-order valence-electron chi connectivity index (χ2n) is 13.4. The van der Waals surface area contributed by atoms with Crippen molar-refractivity contribution in [3.8, 4) is 0 Å². The fraction of sp³-hybridized carbons (Fsp3) is 0.400. The van der Waals surface area contributed by atoms with Crippen molar-refractivity contribution in [1.29, 1.82) is 0 Å². The number of hydrogen-bond donors (Lipinski definition) is 2. The van der Waals surface area contributed by atoms with Gasteiger partial charge in [0.2, 0.25) is 0 Å². The van der Waals surface area contributed by atoms with Crippen LogP contribution in [0.1, 0.15) is 82.1 Å². The van der Waals surface area contributed by atoms with Gasteiger partial charge in [-0.15, -0.1) is 0 Å². The number of aliphatic hydroxyl groups excluding tert-OH is 2. The van der Waals surface area contributed by atoms with Gasteiger partial charge in [-0.25, -0.2) is 0 Å². The normalized spacial score (nSPS) is 24.5. The zero-order valence-corrected chi connectivity index (χ0v) is 28.4. The Balaban J connectivity index is 1.95. The number of allylic oxidation sites excluding steroid dienone is 20. The van der Waals surface area contributed by atoms with E-state index in [4.69, 9.17) is 0 Å². The van der Waals surface area contributed by atoms with Gasteiger partial charge in [-0.05, 0) is 87.5 Å². The predicted molar refractivity (Wildman–Crippen MR) is 185 cm³/mol. The fourth-order valence-corrected chi connectivity index (χ4v) is 5.62. The molecule has 0 bridgehead atoms. The number of rotatable bonds is 10. The molecule has 0 unspecified atom stereocenters. The van der Waals surface area contributed by atoms with Crippen LogP contribution >= 0.6 is 0 Å². The quantitative estimate of drug-likeness (QED) is 0.247. The van der Waals surface area contributed by atoms with Gasteiger partial charge >= 0.3 is 0 Å². The number of aliphatic hydroxyl groups is 2. The van der Waals surface area contributed by atoms with Crippen LogP contribution in [-0.4, -0.2) is 34.0 Å². The summed E-state index contributed by atoms with van der Waals surface area (Å²) in [5.74, 6) is -0.350. The lowest BCUT2D eigenvalue weighted by Crippen LogP contribution is -2.35. The summed E-state index contributed by atoms with van der Waals surface area (Å²) in [5, 5.41) is 20.0. The molecule has 0 amide bonds. The first-order chi connectivity index (χ1) is 20.5. The summed E-state index contributed by atoms with van der Waals surface area (Å²) in [7, 11) is 0. The van der Waals surface area contributed by atoms with Crippen molar-refractivity contribution < 1.29 is 19.8 Å². The van der Waals surface area contributed by atoms with Crippen molar-refractivity contribution in [3.05, 3.63) is 130 Å². The lowest BCUT2D eigenvalue weighted by Gasteiger charge is -2.34. The summed E-state index contributed by atoms with van der Waals surface area (Å²) >= 11 is 0. The topological polar surface area (TPSA) is 74.6 Å². The Kier molecular flexibility index (Phi) is 13.2. The summed E-state index contributed by atoms with van der Waals surface area (Å²) in [6.07, 6.45) is 27.5. The van der Waals surface area contributed by atoms with Gasteiger partial charge < -0.3 is 10.2 Å². The van der Waals surface area contributed by atoms with E-state index < -0.39 is 12.2 Å². The molecule has 0 aromatic rings. The number of Topliss-reactive ketones (excluding diaryl/α,β-unsaturated/α-hetero) is 2. The Morgan fingerprint density at radius 3 is 1.20 bits per heavy atom. The van der Waals surface area contributed by atoms with Crippen molar-refractivity contribution in [2.24, 2.45) is 10.8 Å². The highest BCUT2D eigenvalue weighted by Gasteiger charge is 2.37. The summed E-state index contributed by atoms with van der Waals surface area (Å²) in [4.78, 5) is 24.5. The molecule has 0 aromatic heterocycles. The number of hydrogen-bond acceptors (Lipinski definition) is 4. The molecular weight excluding hydrogens is 544 g/mol. The van der Waals surface area contributed by atoms with E-state index in [0.717, 1.165) is 33.4 Å². The average molecular weight is 597 g/mol. The first-order valence-electron chi connectivity index (χ1n) is 15.4. The third kappa shape index (κ3) is 10.5. The van der Waals surface area contributed by atoms with Gasteiger partial charge in [-0.1, -0.05) is 135 Å². The lowest BCUT2D eigenvalue weighted by molar-refractivity contribution is -0.126. The Labute approximate surface area is 265 Å². The van der Waals surface area contributed by atoms with E-state index in [1.54, 1.807) is 13.8 Å². The first kappa shape index (κ1) is 36.6. The fourth-order valence-electron chi connectivity index (χ4n) is 5.62. The highest BCUT2D eigenvalue weighted by molar-refractivity contribution is 6.01. The molecule has 0 saturated carbocycles.